The normalized spacial score (nSPS) is 11.7. The van der Waals surface area contributed by atoms with Crippen molar-refractivity contribution < 1.29 is 14.3 Å². The zero-order chi connectivity index (χ0) is 19.2. The zero-order valence-electron chi connectivity index (χ0n) is 15.4. The van der Waals surface area contributed by atoms with Crippen LogP contribution in [0.3, 0.4) is 0 Å². The van der Waals surface area contributed by atoms with Crippen molar-refractivity contribution in [3.8, 4) is 22.1 Å². The summed E-state index contributed by atoms with van der Waals surface area (Å²) in [6.45, 7) is 3.86. The molecule has 0 aliphatic rings. The number of methoxy groups -OCH3 is 1. The van der Waals surface area contributed by atoms with Crippen LogP contribution >= 0.6 is 11.3 Å². The van der Waals surface area contributed by atoms with Crippen molar-refractivity contribution in [3.05, 3.63) is 54.1 Å². The second kappa shape index (κ2) is 8.64. The third-order valence-corrected chi connectivity index (χ3v) is 4.91. The number of benzene rings is 2. The average molecular weight is 383 g/mol. The minimum absolute atomic E-state index is 0.238. The van der Waals surface area contributed by atoms with E-state index in [-0.39, 0.29) is 5.91 Å². The molecule has 1 aromatic heterocycles. The number of nitrogens with one attached hydrogen (secondary N) is 1. The summed E-state index contributed by atoms with van der Waals surface area (Å²) in [4.78, 5) is 12.6. The molecule has 7 heteroatoms. The first-order valence-electron chi connectivity index (χ1n) is 8.61. The Morgan fingerprint density at radius 1 is 1.15 bits per heavy atom. The van der Waals surface area contributed by atoms with Crippen LogP contribution in [0.2, 0.25) is 0 Å². The molecule has 140 valence electrons. The van der Waals surface area contributed by atoms with Crippen molar-refractivity contribution in [2.75, 3.05) is 12.4 Å². The van der Waals surface area contributed by atoms with Crippen molar-refractivity contribution in [1.29, 1.82) is 0 Å². The van der Waals surface area contributed by atoms with Gasteiger partial charge in [-0.2, -0.15) is 0 Å². The number of carbonyl (C=O) groups excluding carboxylic acids is 1. The quantitative estimate of drug-likeness (QED) is 0.658. The smallest absolute Gasteiger partial charge is 0.267 e. The Balaban J connectivity index is 1.67. The Morgan fingerprint density at radius 2 is 1.89 bits per heavy atom. The van der Waals surface area contributed by atoms with Crippen LogP contribution in [0, 0.1) is 6.92 Å². The molecular formula is C20H21N3O3S. The first-order chi connectivity index (χ1) is 13.1. The van der Waals surface area contributed by atoms with Gasteiger partial charge >= 0.3 is 0 Å². The van der Waals surface area contributed by atoms with E-state index in [4.69, 9.17) is 9.47 Å². The number of rotatable bonds is 7. The lowest BCUT2D eigenvalue weighted by molar-refractivity contribution is -0.122. The van der Waals surface area contributed by atoms with Gasteiger partial charge in [0.25, 0.3) is 5.91 Å². The third kappa shape index (κ3) is 4.62. The Kier molecular flexibility index (Phi) is 6.03. The number of carbonyl (C=O) groups is 1. The van der Waals surface area contributed by atoms with Gasteiger partial charge in [0.2, 0.25) is 5.13 Å². The van der Waals surface area contributed by atoms with Gasteiger partial charge in [0.15, 0.2) is 6.10 Å². The molecule has 0 bridgehead atoms. The molecule has 0 aliphatic heterocycles. The molecule has 0 saturated carbocycles. The standard InChI is InChI=1S/C20H21N3O3S/c1-4-16(26-17-8-6-5-7-13(17)2)18(24)21-20-23-22-19(27-20)14-9-11-15(25-3)12-10-14/h5-12,16H,4H2,1-3H3,(H,21,23,24)/t16-/m1/s1. The molecule has 3 rings (SSSR count). The topological polar surface area (TPSA) is 73.3 Å². The molecule has 3 aromatic rings. The summed E-state index contributed by atoms with van der Waals surface area (Å²) in [5, 5.41) is 12.2. The molecule has 2 aromatic carbocycles. The molecule has 1 heterocycles. The SMILES string of the molecule is CC[C@@H](Oc1ccccc1C)C(=O)Nc1nnc(-c2ccc(OC)cc2)s1. The average Bonchev–Trinajstić information content (AvgIpc) is 3.15. The van der Waals surface area contributed by atoms with Gasteiger partial charge in [-0.1, -0.05) is 36.5 Å². The fourth-order valence-corrected chi connectivity index (χ4v) is 3.23. The maximum atomic E-state index is 12.6. The van der Waals surface area contributed by atoms with E-state index in [1.807, 2.05) is 62.4 Å². The Morgan fingerprint density at radius 3 is 2.56 bits per heavy atom. The van der Waals surface area contributed by atoms with E-state index in [2.05, 4.69) is 15.5 Å². The van der Waals surface area contributed by atoms with Crippen LogP contribution in [0.5, 0.6) is 11.5 Å². The summed E-state index contributed by atoms with van der Waals surface area (Å²) < 4.78 is 11.0. The number of para-hydroxylation sites is 1. The van der Waals surface area contributed by atoms with E-state index in [1.54, 1.807) is 7.11 Å². The predicted octanol–water partition coefficient (Wildman–Crippen LogP) is 4.32. The molecule has 0 spiro atoms. The lowest BCUT2D eigenvalue weighted by Crippen LogP contribution is -2.32. The summed E-state index contributed by atoms with van der Waals surface area (Å²) in [6, 6.07) is 15.2. The van der Waals surface area contributed by atoms with E-state index in [0.717, 1.165) is 21.9 Å². The number of amides is 1. The highest BCUT2D eigenvalue weighted by Gasteiger charge is 2.21. The molecule has 1 atom stereocenters. The number of aromatic nitrogens is 2. The van der Waals surface area contributed by atoms with Gasteiger partial charge in [0.05, 0.1) is 7.11 Å². The Labute approximate surface area is 162 Å². The maximum Gasteiger partial charge on any atom is 0.267 e. The van der Waals surface area contributed by atoms with Crippen molar-refractivity contribution in [3.63, 3.8) is 0 Å². The predicted molar refractivity (Wildman–Crippen MR) is 106 cm³/mol. The van der Waals surface area contributed by atoms with E-state index < -0.39 is 6.10 Å². The van der Waals surface area contributed by atoms with Crippen LogP contribution in [-0.4, -0.2) is 29.3 Å². The fourth-order valence-electron chi connectivity index (χ4n) is 2.47. The zero-order valence-corrected chi connectivity index (χ0v) is 16.2. The van der Waals surface area contributed by atoms with Crippen LogP contribution in [-0.2, 0) is 4.79 Å². The Hall–Kier alpha value is -2.93. The molecule has 0 saturated heterocycles. The number of hydrogen-bond donors (Lipinski definition) is 1. The van der Waals surface area contributed by atoms with Crippen LogP contribution in [0.25, 0.3) is 10.6 Å². The van der Waals surface area contributed by atoms with E-state index in [1.165, 1.54) is 11.3 Å². The lowest BCUT2D eigenvalue weighted by atomic mass is 10.2. The third-order valence-electron chi connectivity index (χ3n) is 4.02. The minimum atomic E-state index is -0.598. The van der Waals surface area contributed by atoms with E-state index >= 15 is 0 Å². The fraction of sp³-hybridized carbons (Fsp3) is 0.250. The second-order valence-electron chi connectivity index (χ2n) is 5.91. The van der Waals surface area contributed by atoms with Gasteiger partial charge in [-0.3, -0.25) is 10.1 Å². The van der Waals surface area contributed by atoms with Crippen molar-refractivity contribution in [2.24, 2.45) is 0 Å². The molecule has 1 N–H and O–H groups in total. The molecular weight excluding hydrogens is 362 g/mol. The van der Waals surface area contributed by atoms with Gasteiger partial charge in [-0.05, 0) is 49.2 Å². The van der Waals surface area contributed by atoms with Crippen molar-refractivity contribution >= 4 is 22.4 Å². The molecule has 27 heavy (non-hydrogen) atoms. The van der Waals surface area contributed by atoms with Gasteiger partial charge in [0.1, 0.15) is 16.5 Å². The first-order valence-corrected chi connectivity index (χ1v) is 9.43. The van der Waals surface area contributed by atoms with Crippen LogP contribution < -0.4 is 14.8 Å². The number of hydrogen-bond acceptors (Lipinski definition) is 6. The van der Waals surface area contributed by atoms with Crippen LogP contribution in [0.1, 0.15) is 18.9 Å². The number of anilines is 1. The minimum Gasteiger partial charge on any atom is -0.497 e. The molecule has 0 radical (unpaired) electrons. The highest BCUT2D eigenvalue weighted by Crippen LogP contribution is 2.28. The molecule has 0 fully saturated rings. The van der Waals surface area contributed by atoms with Gasteiger partial charge < -0.3 is 9.47 Å². The summed E-state index contributed by atoms with van der Waals surface area (Å²) in [7, 11) is 1.62. The summed E-state index contributed by atoms with van der Waals surface area (Å²) in [5.74, 6) is 1.24. The largest absolute Gasteiger partial charge is 0.497 e. The van der Waals surface area contributed by atoms with Gasteiger partial charge in [0, 0.05) is 5.56 Å². The number of ether oxygens (including phenoxy) is 2. The maximum absolute atomic E-state index is 12.6. The monoisotopic (exact) mass is 383 g/mol. The first kappa shape index (κ1) is 18.8. The van der Waals surface area contributed by atoms with E-state index in [0.29, 0.717) is 17.3 Å². The van der Waals surface area contributed by atoms with Crippen LogP contribution in [0.15, 0.2) is 48.5 Å². The van der Waals surface area contributed by atoms with Crippen LogP contribution in [0.4, 0.5) is 5.13 Å². The number of nitrogens with zero attached hydrogens (tertiary/aromatic N) is 2. The molecule has 6 nitrogen and oxygen atoms in total. The van der Waals surface area contributed by atoms with Crippen molar-refractivity contribution in [1.82, 2.24) is 10.2 Å². The van der Waals surface area contributed by atoms with E-state index in [9.17, 15) is 4.79 Å². The Bertz CT molecular complexity index is 909. The lowest BCUT2D eigenvalue weighted by Gasteiger charge is -2.17. The number of aryl methyl sites for hydroxylation is 1. The molecule has 0 aliphatic carbocycles. The molecule has 1 amide bonds. The summed E-state index contributed by atoms with van der Waals surface area (Å²) >= 11 is 1.31. The highest BCUT2D eigenvalue weighted by atomic mass is 32.1. The highest BCUT2D eigenvalue weighted by molar-refractivity contribution is 7.18. The molecule has 0 unspecified atom stereocenters. The summed E-state index contributed by atoms with van der Waals surface area (Å²) in [5.41, 5.74) is 1.90. The second-order valence-corrected chi connectivity index (χ2v) is 6.89. The van der Waals surface area contributed by atoms with Gasteiger partial charge in [-0.25, -0.2) is 0 Å². The van der Waals surface area contributed by atoms with Crippen molar-refractivity contribution in [2.45, 2.75) is 26.4 Å². The summed E-state index contributed by atoms with van der Waals surface area (Å²) in [6.07, 6.45) is -0.0518. The van der Waals surface area contributed by atoms with Gasteiger partial charge in [-0.15, -0.1) is 10.2 Å².